The third-order valence-electron chi connectivity index (χ3n) is 3.94. The lowest BCUT2D eigenvalue weighted by atomic mass is 9.81. The number of carboxylic acid groups (broad SMARTS) is 1. The molecule has 102 valence electrons. The summed E-state index contributed by atoms with van der Waals surface area (Å²) >= 11 is 5.90. The van der Waals surface area contributed by atoms with Crippen molar-refractivity contribution in [2.75, 3.05) is 0 Å². The number of aryl methyl sites for hydroxylation is 1. The van der Waals surface area contributed by atoms with Crippen LogP contribution in [0.15, 0.2) is 42.5 Å². The molecule has 0 saturated heterocycles. The van der Waals surface area contributed by atoms with Crippen molar-refractivity contribution in [3.05, 3.63) is 58.6 Å². The standard InChI is InChI=1S/C17H15ClO2/c18-14-8-6-11(7-9-14)13-5-4-12-2-1-3-15(17(19)20)16(12)10-13/h4-10,15H,1-3H2,(H,19,20)/t15-/m0/s1. The van der Waals surface area contributed by atoms with Gasteiger partial charge in [-0.3, -0.25) is 4.79 Å². The van der Waals surface area contributed by atoms with Crippen molar-refractivity contribution in [3.63, 3.8) is 0 Å². The van der Waals surface area contributed by atoms with Crippen molar-refractivity contribution in [1.82, 2.24) is 0 Å². The molecular weight excluding hydrogens is 272 g/mol. The van der Waals surface area contributed by atoms with Crippen LogP contribution in [0.3, 0.4) is 0 Å². The average Bonchev–Trinajstić information content (AvgIpc) is 2.46. The normalized spacial score (nSPS) is 17.6. The van der Waals surface area contributed by atoms with Crippen LogP contribution in [0.25, 0.3) is 11.1 Å². The molecule has 0 unspecified atom stereocenters. The first-order valence-electron chi connectivity index (χ1n) is 6.77. The molecule has 3 rings (SSSR count). The molecule has 0 amide bonds. The quantitative estimate of drug-likeness (QED) is 0.882. The van der Waals surface area contributed by atoms with E-state index in [1.54, 1.807) is 0 Å². The SMILES string of the molecule is O=C(O)[C@H]1CCCc2ccc(-c3ccc(Cl)cc3)cc21. The highest BCUT2D eigenvalue weighted by molar-refractivity contribution is 6.30. The molecular formula is C17H15ClO2. The van der Waals surface area contributed by atoms with Gasteiger partial charge in [0.25, 0.3) is 0 Å². The van der Waals surface area contributed by atoms with Crippen LogP contribution in [0.1, 0.15) is 29.9 Å². The maximum absolute atomic E-state index is 11.4. The van der Waals surface area contributed by atoms with Gasteiger partial charge in [0.05, 0.1) is 5.92 Å². The Balaban J connectivity index is 2.05. The number of aliphatic carboxylic acids is 1. The second-order valence-electron chi connectivity index (χ2n) is 5.20. The number of hydrogen-bond donors (Lipinski definition) is 1. The Bertz CT molecular complexity index is 647. The average molecular weight is 287 g/mol. The Morgan fingerprint density at radius 2 is 1.80 bits per heavy atom. The number of rotatable bonds is 2. The number of fused-ring (bicyclic) bond motifs is 1. The monoisotopic (exact) mass is 286 g/mol. The lowest BCUT2D eigenvalue weighted by Gasteiger charge is -2.23. The van der Waals surface area contributed by atoms with Gasteiger partial charge in [-0.1, -0.05) is 41.9 Å². The molecule has 0 aliphatic heterocycles. The summed E-state index contributed by atoms with van der Waals surface area (Å²) in [5.74, 6) is -1.09. The van der Waals surface area contributed by atoms with E-state index in [4.69, 9.17) is 11.6 Å². The van der Waals surface area contributed by atoms with Crippen LogP contribution in [-0.2, 0) is 11.2 Å². The van der Waals surface area contributed by atoms with Gasteiger partial charge in [0.2, 0.25) is 0 Å². The summed E-state index contributed by atoms with van der Waals surface area (Å²) in [5, 5.41) is 10.1. The Kier molecular flexibility index (Phi) is 3.49. The van der Waals surface area contributed by atoms with E-state index in [2.05, 4.69) is 12.1 Å². The largest absolute Gasteiger partial charge is 0.481 e. The van der Waals surface area contributed by atoms with Crippen LogP contribution in [0, 0.1) is 0 Å². The maximum Gasteiger partial charge on any atom is 0.310 e. The number of hydrogen-bond acceptors (Lipinski definition) is 1. The first-order chi connectivity index (χ1) is 9.65. The molecule has 0 fully saturated rings. The Morgan fingerprint density at radius 3 is 2.50 bits per heavy atom. The smallest absolute Gasteiger partial charge is 0.310 e. The van der Waals surface area contributed by atoms with Crippen molar-refractivity contribution < 1.29 is 9.90 Å². The summed E-state index contributed by atoms with van der Waals surface area (Å²) in [4.78, 5) is 11.4. The molecule has 0 aromatic heterocycles. The summed E-state index contributed by atoms with van der Waals surface area (Å²) in [6.45, 7) is 0. The highest BCUT2D eigenvalue weighted by atomic mass is 35.5. The molecule has 2 aromatic rings. The van der Waals surface area contributed by atoms with Crippen LogP contribution in [0.5, 0.6) is 0 Å². The minimum absolute atomic E-state index is 0.369. The molecule has 20 heavy (non-hydrogen) atoms. The van der Waals surface area contributed by atoms with Crippen molar-refractivity contribution in [2.24, 2.45) is 0 Å². The first kappa shape index (κ1) is 13.2. The molecule has 0 spiro atoms. The van der Waals surface area contributed by atoms with Gasteiger partial charge in [0.1, 0.15) is 0 Å². The van der Waals surface area contributed by atoms with Gasteiger partial charge in [-0.2, -0.15) is 0 Å². The van der Waals surface area contributed by atoms with Gasteiger partial charge in [0, 0.05) is 5.02 Å². The second-order valence-corrected chi connectivity index (χ2v) is 5.64. The molecule has 1 aliphatic rings. The highest BCUT2D eigenvalue weighted by Crippen LogP contribution is 2.35. The number of halogens is 1. The van der Waals surface area contributed by atoms with E-state index in [1.165, 1.54) is 5.56 Å². The summed E-state index contributed by atoms with van der Waals surface area (Å²) in [5.41, 5.74) is 4.25. The minimum Gasteiger partial charge on any atom is -0.481 e. The van der Waals surface area contributed by atoms with E-state index in [0.29, 0.717) is 5.02 Å². The molecule has 1 aliphatic carbocycles. The maximum atomic E-state index is 11.4. The van der Waals surface area contributed by atoms with Crippen LogP contribution in [0.4, 0.5) is 0 Å². The van der Waals surface area contributed by atoms with E-state index in [1.807, 2.05) is 30.3 Å². The topological polar surface area (TPSA) is 37.3 Å². The third kappa shape index (κ3) is 2.44. The van der Waals surface area contributed by atoms with E-state index < -0.39 is 5.97 Å². The van der Waals surface area contributed by atoms with Crippen molar-refractivity contribution in [2.45, 2.75) is 25.2 Å². The predicted octanol–water partition coefficient (Wildman–Crippen LogP) is 4.51. The molecule has 0 radical (unpaired) electrons. The van der Waals surface area contributed by atoms with Gasteiger partial charge in [-0.05, 0) is 53.6 Å². The van der Waals surface area contributed by atoms with Crippen LogP contribution in [-0.4, -0.2) is 11.1 Å². The zero-order chi connectivity index (χ0) is 14.1. The molecule has 2 aromatic carbocycles. The fraction of sp³-hybridized carbons (Fsp3) is 0.235. The molecule has 2 nitrogen and oxygen atoms in total. The summed E-state index contributed by atoms with van der Waals surface area (Å²) < 4.78 is 0. The third-order valence-corrected chi connectivity index (χ3v) is 4.19. The van der Waals surface area contributed by atoms with Crippen LogP contribution >= 0.6 is 11.6 Å². The van der Waals surface area contributed by atoms with E-state index >= 15 is 0 Å². The molecule has 3 heteroatoms. The van der Waals surface area contributed by atoms with Crippen LogP contribution < -0.4 is 0 Å². The zero-order valence-electron chi connectivity index (χ0n) is 11.0. The summed E-state index contributed by atoms with van der Waals surface area (Å²) in [6, 6.07) is 13.8. The van der Waals surface area contributed by atoms with Gasteiger partial charge in [-0.25, -0.2) is 0 Å². The Morgan fingerprint density at radius 1 is 1.10 bits per heavy atom. The van der Waals surface area contributed by atoms with Gasteiger partial charge in [0.15, 0.2) is 0 Å². The molecule has 0 saturated carbocycles. The number of carbonyl (C=O) groups is 1. The van der Waals surface area contributed by atoms with Crippen LogP contribution in [0.2, 0.25) is 5.02 Å². The lowest BCUT2D eigenvalue weighted by Crippen LogP contribution is -2.17. The zero-order valence-corrected chi connectivity index (χ0v) is 11.7. The van der Waals surface area contributed by atoms with E-state index in [9.17, 15) is 9.90 Å². The first-order valence-corrected chi connectivity index (χ1v) is 7.14. The minimum atomic E-state index is -0.723. The fourth-order valence-electron chi connectivity index (χ4n) is 2.88. The van der Waals surface area contributed by atoms with E-state index in [-0.39, 0.29) is 5.92 Å². The number of benzene rings is 2. The van der Waals surface area contributed by atoms with Gasteiger partial charge >= 0.3 is 5.97 Å². The molecule has 1 atom stereocenters. The Labute approximate surface area is 123 Å². The molecule has 0 heterocycles. The van der Waals surface area contributed by atoms with E-state index in [0.717, 1.165) is 36.0 Å². The van der Waals surface area contributed by atoms with Crippen molar-refractivity contribution in [3.8, 4) is 11.1 Å². The summed E-state index contributed by atoms with van der Waals surface area (Å²) in [7, 11) is 0. The second kappa shape index (κ2) is 5.29. The Hall–Kier alpha value is -1.80. The number of carboxylic acids is 1. The fourth-order valence-corrected chi connectivity index (χ4v) is 3.00. The predicted molar refractivity (Wildman–Crippen MR) is 80.2 cm³/mol. The van der Waals surface area contributed by atoms with Gasteiger partial charge < -0.3 is 5.11 Å². The molecule has 0 bridgehead atoms. The summed E-state index contributed by atoms with van der Waals surface area (Å²) in [6.07, 6.45) is 2.65. The van der Waals surface area contributed by atoms with Crippen molar-refractivity contribution in [1.29, 1.82) is 0 Å². The lowest BCUT2D eigenvalue weighted by molar-refractivity contribution is -0.139. The van der Waals surface area contributed by atoms with Crippen molar-refractivity contribution >= 4 is 17.6 Å². The highest BCUT2D eigenvalue weighted by Gasteiger charge is 2.26. The molecule has 1 N–H and O–H groups in total. The van der Waals surface area contributed by atoms with Gasteiger partial charge in [-0.15, -0.1) is 0 Å².